The van der Waals surface area contributed by atoms with Crippen LogP contribution in [0.1, 0.15) is 18.4 Å². The van der Waals surface area contributed by atoms with E-state index in [1.807, 2.05) is 18.2 Å². The van der Waals surface area contributed by atoms with Gasteiger partial charge < -0.3 is 16.0 Å². The van der Waals surface area contributed by atoms with Crippen molar-refractivity contribution in [1.82, 2.24) is 10.6 Å². The molecule has 1 fully saturated rings. The lowest BCUT2D eigenvalue weighted by Crippen LogP contribution is -2.41. The van der Waals surface area contributed by atoms with E-state index in [1.54, 1.807) is 0 Å². The van der Waals surface area contributed by atoms with Crippen molar-refractivity contribution in [1.29, 1.82) is 0 Å². The molecule has 0 saturated carbocycles. The van der Waals surface area contributed by atoms with E-state index in [0.717, 1.165) is 16.1 Å². The number of fused-ring (bicyclic) bond motifs is 1. The van der Waals surface area contributed by atoms with Crippen molar-refractivity contribution in [3.8, 4) is 0 Å². The highest BCUT2D eigenvalue weighted by molar-refractivity contribution is 8.00. The van der Waals surface area contributed by atoms with Crippen LogP contribution in [0.15, 0.2) is 23.1 Å². The van der Waals surface area contributed by atoms with Gasteiger partial charge in [0.15, 0.2) is 0 Å². The molecule has 1 saturated heterocycles. The molecule has 6 nitrogen and oxygen atoms in total. The van der Waals surface area contributed by atoms with Gasteiger partial charge in [-0.1, -0.05) is 6.07 Å². The molecule has 110 valence electrons. The molecule has 3 N–H and O–H groups in total. The van der Waals surface area contributed by atoms with Crippen LogP contribution in [-0.2, 0) is 20.9 Å². The van der Waals surface area contributed by atoms with Crippen molar-refractivity contribution >= 4 is 35.2 Å². The van der Waals surface area contributed by atoms with Crippen molar-refractivity contribution in [2.75, 3.05) is 11.1 Å². The molecule has 1 aromatic carbocycles. The molecule has 3 amide bonds. The van der Waals surface area contributed by atoms with Gasteiger partial charge in [0.2, 0.25) is 17.7 Å². The van der Waals surface area contributed by atoms with Gasteiger partial charge in [-0.25, -0.2) is 0 Å². The summed E-state index contributed by atoms with van der Waals surface area (Å²) in [5, 5.41) is 8.26. The fourth-order valence-electron chi connectivity index (χ4n) is 2.36. The van der Waals surface area contributed by atoms with Crippen molar-refractivity contribution in [2.45, 2.75) is 30.3 Å². The molecule has 21 heavy (non-hydrogen) atoms. The van der Waals surface area contributed by atoms with Gasteiger partial charge in [0.25, 0.3) is 0 Å². The van der Waals surface area contributed by atoms with Crippen LogP contribution in [0.25, 0.3) is 0 Å². The van der Waals surface area contributed by atoms with Crippen molar-refractivity contribution < 1.29 is 14.4 Å². The Labute approximate surface area is 126 Å². The molecule has 0 radical (unpaired) electrons. The van der Waals surface area contributed by atoms with E-state index in [0.29, 0.717) is 25.1 Å². The van der Waals surface area contributed by atoms with E-state index in [9.17, 15) is 14.4 Å². The first-order chi connectivity index (χ1) is 10.1. The van der Waals surface area contributed by atoms with E-state index < -0.39 is 6.04 Å². The summed E-state index contributed by atoms with van der Waals surface area (Å²) in [5.74, 6) is 0.174. The largest absolute Gasteiger partial charge is 0.350 e. The number of carbonyl (C=O) groups is 3. The summed E-state index contributed by atoms with van der Waals surface area (Å²) in [7, 11) is 0. The number of nitrogens with one attached hydrogen (secondary N) is 3. The third-order valence-electron chi connectivity index (χ3n) is 3.46. The van der Waals surface area contributed by atoms with Crippen LogP contribution in [0, 0.1) is 0 Å². The van der Waals surface area contributed by atoms with E-state index in [4.69, 9.17) is 0 Å². The Hall–Kier alpha value is -2.02. The van der Waals surface area contributed by atoms with E-state index >= 15 is 0 Å². The molecule has 2 heterocycles. The van der Waals surface area contributed by atoms with E-state index in [-0.39, 0.29) is 17.7 Å². The number of benzene rings is 1. The highest BCUT2D eigenvalue weighted by Crippen LogP contribution is 2.31. The normalized spacial score (nSPS) is 20.5. The second-order valence-corrected chi connectivity index (χ2v) is 6.06. The standard InChI is InChI=1S/C14H15N3O3S/c18-12-4-2-9(16-12)14(20)15-6-8-1-3-11-10(5-8)17-13(19)7-21-11/h1,3,5,9H,2,4,6-7H2,(H,15,20)(H,16,18)(H,17,19). The highest BCUT2D eigenvalue weighted by Gasteiger charge is 2.26. The summed E-state index contributed by atoms with van der Waals surface area (Å²) in [5.41, 5.74) is 1.70. The lowest BCUT2D eigenvalue weighted by molar-refractivity contribution is -0.125. The summed E-state index contributed by atoms with van der Waals surface area (Å²) in [4.78, 5) is 35.4. The van der Waals surface area contributed by atoms with Gasteiger partial charge in [-0.2, -0.15) is 0 Å². The van der Waals surface area contributed by atoms with Gasteiger partial charge in [-0.3, -0.25) is 14.4 Å². The van der Waals surface area contributed by atoms with Gasteiger partial charge in [-0.05, 0) is 24.1 Å². The molecule has 7 heteroatoms. The molecular weight excluding hydrogens is 290 g/mol. The number of thioether (sulfide) groups is 1. The second-order valence-electron chi connectivity index (χ2n) is 5.04. The summed E-state index contributed by atoms with van der Waals surface area (Å²) >= 11 is 1.50. The fraction of sp³-hybridized carbons (Fsp3) is 0.357. The van der Waals surface area contributed by atoms with Gasteiger partial charge in [0, 0.05) is 17.9 Å². The Kier molecular flexibility index (Phi) is 3.83. The number of hydrogen-bond donors (Lipinski definition) is 3. The zero-order chi connectivity index (χ0) is 14.8. The molecule has 0 spiro atoms. The predicted octanol–water partition coefficient (Wildman–Crippen LogP) is 0.626. The number of anilines is 1. The molecular formula is C14H15N3O3S. The number of amides is 3. The average Bonchev–Trinajstić information content (AvgIpc) is 2.91. The predicted molar refractivity (Wildman–Crippen MR) is 78.8 cm³/mol. The van der Waals surface area contributed by atoms with Gasteiger partial charge in [-0.15, -0.1) is 11.8 Å². The minimum Gasteiger partial charge on any atom is -0.350 e. The maximum atomic E-state index is 11.9. The lowest BCUT2D eigenvalue weighted by atomic mass is 10.1. The summed E-state index contributed by atoms with van der Waals surface area (Å²) in [6.45, 7) is 0.374. The summed E-state index contributed by atoms with van der Waals surface area (Å²) < 4.78 is 0. The third-order valence-corrected chi connectivity index (χ3v) is 4.53. The number of hydrogen-bond acceptors (Lipinski definition) is 4. The Bertz CT molecular complexity index is 617. The van der Waals surface area contributed by atoms with Crippen molar-refractivity contribution in [3.63, 3.8) is 0 Å². The quantitative estimate of drug-likeness (QED) is 0.764. The fourth-order valence-corrected chi connectivity index (χ4v) is 3.15. The summed E-state index contributed by atoms with van der Waals surface area (Å²) in [6, 6.07) is 5.31. The zero-order valence-electron chi connectivity index (χ0n) is 11.3. The molecule has 3 rings (SSSR count). The summed E-state index contributed by atoms with van der Waals surface area (Å²) in [6.07, 6.45) is 0.946. The molecule has 0 bridgehead atoms. The second kappa shape index (κ2) is 5.77. The van der Waals surface area contributed by atoms with E-state index in [2.05, 4.69) is 16.0 Å². The number of rotatable bonds is 3. The van der Waals surface area contributed by atoms with Crippen LogP contribution in [0.4, 0.5) is 5.69 Å². The smallest absolute Gasteiger partial charge is 0.242 e. The van der Waals surface area contributed by atoms with Gasteiger partial charge >= 0.3 is 0 Å². The Morgan fingerprint density at radius 3 is 2.95 bits per heavy atom. The monoisotopic (exact) mass is 305 g/mol. The molecule has 1 unspecified atom stereocenters. The molecule has 2 aliphatic rings. The van der Waals surface area contributed by atoms with Crippen LogP contribution in [0.5, 0.6) is 0 Å². The van der Waals surface area contributed by atoms with Crippen LogP contribution >= 0.6 is 11.8 Å². The minimum absolute atomic E-state index is 0.0117. The molecule has 0 aromatic heterocycles. The Morgan fingerprint density at radius 2 is 2.19 bits per heavy atom. The van der Waals surface area contributed by atoms with Gasteiger partial charge in [0.05, 0.1) is 11.4 Å². The molecule has 1 atom stereocenters. The van der Waals surface area contributed by atoms with Crippen LogP contribution in [-0.4, -0.2) is 29.5 Å². The first-order valence-electron chi connectivity index (χ1n) is 6.74. The topological polar surface area (TPSA) is 87.3 Å². The Morgan fingerprint density at radius 1 is 1.33 bits per heavy atom. The highest BCUT2D eigenvalue weighted by atomic mass is 32.2. The average molecular weight is 305 g/mol. The molecule has 2 aliphatic heterocycles. The molecule has 1 aromatic rings. The number of carbonyl (C=O) groups excluding carboxylic acids is 3. The first-order valence-corrected chi connectivity index (χ1v) is 7.73. The molecule has 0 aliphatic carbocycles. The maximum absolute atomic E-state index is 11.9. The lowest BCUT2D eigenvalue weighted by Gasteiger charge is -2.17. The van der Waals surface area contributed by atoms with E-state index in [1.165, 1.54) is 11.8 Å². The Balaban J connectivity index is 1.60. The van der Waals surface area contributed by atoms with Crippen molar-refractivity contribution in [3.05, 3.63) is 23.8 Å². The zero-order valence-corrected chi connectivity index (χ0v) is 12.1. The minimum atomic E-state index is -0.426. The van der Waals surface area contributed by atoms with Crippen LogP contribution in [0.3, 0.4) is 0 Å². The van der Waals surface area contributed by atoms with Crippen LogP contribution < -0.4 is 16.0 Å². The third kappa shape index (κ3) is 3.18. The van der Waals surface area contributed by atoms with Gasteiger partial charge in [0.1, 0.15) is 6.04 Å². The SMILES string of the molecule is O=C1CSc2ccc(CNC(=O)C3CCC(=O)N3)cc2N1. The van der Waals surface area contributed by atoms with Crippen molar-refractivity contribution in [2.24, 2.45) is 0 Å². The maximum Gasteiger partial charge on any atom is 0.242 e. The van der Waals surface area contributed by atoms with Crippen LogP contribution in [0.2, 0.25) is 0 Å². The first kappa shape index (κ1) is 13.9.